The van der Waals surface area contributed by atoms with E-state index in [1.165, 1.54) is 13.8 Å². The second-order valence-electron chi connectivity index (χ2n) is 7.98. The van der Waals surface area contributed by atoms with Crippen LogP contribution in [0.1, 0.15) is 31.9 Å². The molecule has 0 saturated carbocycles. The molecule has 192 valence electrons. The molecular weight excluding hydrogens is 470 g/mol. The third-order valence-electron chi connectivity index (χ3n) is 5.01. The summed E-state index contributed by atoms with van der Waals surface area (Å²) in [5.74, 6) is -4.23. The number of ketones is 1. The molecule has 2 aromatic carbocycles. The van der Waals surface area contributed by atoms with Gasteiger partial charge in [0.2, 0.25) is 11.8 Å². The predicted octanol–water partition coefficient (Wildman–Crippen LogP) is 0.943. The zero-order valence-electron chi connectivity index (χ0n) is 20.1. The van der Waals surface area contributed by atoms with Crippen molar-refractivity contribution >= 4 is 29.7 Å². The summed E-state index contributed by atoms with van der Waals surface area (Å²) < 4.78 is 10.0. The zero-order chi connectivity index (χ0) is 26.7. The number of carbonyl (C=O) groups is 5. The number of aliphatic hydroxyl groups is 1. The van der Waals surface area contributed by atoms with Crippen LogP contribution in [0.25, 0.3) is 0 Å². The molecule has 3 amide bonds. The smallest absolute Gasteiger partial charge is 0.408 e. The Labute approximate surface area is 208 Å². The number of hydrogen-bond acceptors (Lipinski definition) is 8. The molecule has 2 aromatic rings. The van der Waals surface area contributed by atoms with E-state index in [9.17, 15) is 29.1 Å². The monoisotopic (exact) mass is 499 g/mol. The van der Waals surface area contributed by atoms with Gasteiger partial charge in [-0.3, -0.25) is 14.4 Å². The first-order chi connectivity index (χ1) is 17.0. The van der Waals surface area contributed by atoms with Gasteiger partial charge in [0.25, 0.3) is 5.72 Å². The Hall–Kier alpha value is -4.25. The van der Waals surface area contributed by atoms with Gasteiger partial charge in [-0.25, -0.2) is 9.59 Å². The van der Waals surface area contributed by atoms with E-state index in [4.69, 9.17) is 9.47 Å². The summed E-state index contributed by atoms with van der Waals surface area (Å²) in [4.78, 5) is 61.2. The Morgan fingerprint density at radius 2 is 1.25 bits per heavy atom. The number of hydrogen-bond donors (Lipinski definition) is 4. The number of Topliss-reactive ketones (excluding diaryl/α,β-unsaturated/α-hetero) is 1. The molecular formula is C25H29N3O8. The van der Waals surface area contributed by atoms with Crippen molar-refractivity contribution in [2.24, 2.45) is 0 Å². The van der Waals surface area contributed by atoms with Gasteiger partial charge >= 0.3 is 12.1 Å². The maximum Gasteiger partial charge on any atom is 0.408 e. The summed E-state index contributed by atoms with van der Waals surface area (Å²) in [5, 5.41) is 17.1. The van der Waals surface area contributed by atoms with Crippen LogP contribution in [-0.2, 0) is 41.9 Å². The van der Waals surface area contributed by atoms with Crippen molar-refractivity contribution < 1.29 is 38.6 Å². The lowest BCUT2D eigenvalue weighted by atomic mass is 10.1. The van der Waals surface area contributed by atoms with E-state index in [2.05, 4.69) is 10.6 Å². The number of benzene rings is 2. The van der Waals surface area contributed by atoms with Gasteiger partial charge in [0, 0.05) is 6.92 Å². The first-order valence-corrected chi connectivity index (χ1v) is 11.1. The number of alkyl carbamates (subject to hydrolysis) is 1. The topological polar surface area (TPSA) is 160 Å². The maximum atomic E-state index is 12.5. The second-order valence-corrected chi connectivity index (χ2v) is 7.98. The zero-order valence-corrected chi connectivity index (χ0v) is 20.1. The lowest BCUT2D eigenvalue weighted by Gasteiger charge is -2.26. The lowest BCUT2D eigenvalue weighted by molar-refractivity contribution is -0.177. The van der Waals surface area contributed by atoms with E-state index in [0.29, 0.717) is 5.56 Å². The van der Waals surface area contributed by atoms with Crippen LogP contribution >= 0.6 is 0 Å². The number of nitrogens with one attached hydrogen (secondary N) is 3. The van der Waals surface area contributed by atoms with Crippen LogP contribution in [0.4, 0.5) is 4.79 Å². The molecule has 0 heterocycles. The summed E-state index contributed by atoms with van der Waals surface area (Å²) in [6.45, 7) is 3.31. The summed E-state index contributed by atoms with van der Waals surface area (Å²) in [6.07, 6.45) is -0.842. The van der Waals surface area contributed by atoms with E-state index in [1.54, 1.807) is 54.6 Å². The quantitative estimate of drug-likeness (QED) is 0.202. The molecule has 0 aromatic heterocycles. The van der Waals surface area contributed by atoms with Crippen molar-refractivity contribution in [1.82, 2.24) is 16.0 Å². The first kappa shape index (κ1) is 28.0. The number of amides is 3. The van der Waals surface area contributed by atoms with Gasteiger partial charge in [-0.15, -0.1) is 0 Å². The fourth-order valence-electron chi connectivity index (χ4n) is 2.81. The summed E-state index contributed by atoms with van der Waals surface area (Å²) in [5.41, 5.74) is -1.58. The molecule has 0 aliphatic rings. The molecule has 0 fully saturated rings. The highest BCUT2D eigenvalue weighted by Crippen LogP contribution is 2.10. The normalized spacial score (nSPS) is 13.8. The number of esters is 1. The maximum absolute atomic E-state index is 12.5. The third kappa shape index (κ3) is 8.20. The molecule has 11 nitrogen and oxygen atoms in total. The molecule has 0 aliphatic carbocycles. The molecule has 0 radical (unpaired) electrons. The third-order valence-corrected chi connectivity index (χ3v) is 5.01. The molecule has 0 spiro atoms. The summed E-state index contributed by atoms with van der Waals surface area (Å²) in [6, 6.07) is 15.1. The van der Waals surface area contributed by atoms with E-state index in [1.807, 2.05) is 11.4 Å². The number of rotatable bonds is 11. The second kappa shape index (κ2) is 13.0. The molecule has 4 N–H and O–H groups in total. The van der Waals surface area contributed by atoms with Crippen molar-refractivity contribution in [2.75, 3.05) is 0 Å². The van der Waals surface area contributed by atoms with Gasteiger partial charge in [0.1, 0.15) is 25.3 Å². The Morgan fingerprint density at radius 3 is 1.75 bits per heavy atom. The van der Waals surface area contributed by atoms with Gasteiger partial charge in [-0.05, 0) is 25.0 Å². The molecule has 1 unspecified atom stereocenters. The van der Waals surface area contributed by atoms with Crippen LogP contribution in [0.15, 0.2) is 60.7 Å². The van der Waals surface area contributed by atoms with Crippen LogP contribution < -0.4 is 16.0 Å². The van der Waals surface area contributed by atoms with Gasteiger partial charge < -0.3 is 30.5 Å². The Bertz CT molecular complexity index is 1080. The lowest BCUT2D eigenvalue weighted by Crippen LogP contribution is -2.63. The van der Waals surface area contributed by atoms with Crippen LogP contribution in [0.2, 0.25) is 0 Å². The van der Waals surface area contributed by atoms with E-state index in [0.717, 1.165) is 12.5 Å². The molecule has 36 heavy (non-hydrogen) atoms. The largest absolute Gasteiger partial charge is 0.457 e. The van der Waals surface area contributed by atoms with Crippen molar-refractivity contribution in [3.8, 4) is 0 Å². The molecule has 0 bridgehead atoms. The summed E-state index contributed by atoms with van der Waals surface area (Å²) in [7, 11) is 0. The Morgan fingerprint density at radius 1 is 0.778 bits per heavy atom. The van der Waals surface area contributed by atoms with Gasteiger partial charge in [-0.1, -0.05) is 60.7 Å². The SMILES string of the molecule is CC(=O)C(O)(NC(=O)[C@H](C)NC(=O)[C@H](C)NC(=O)OCc1ccccc1)C(=O)OCc1ccccc1. The first-order valence-electron chi connectivity index (χ1n) is 11.1. The van der Waals surface area contributed by atoms with Gasteiger partial charge in [0.05, 0.1) is 0 Å². The van der Waals surface area contributed by atoms with Crippen LogP contribution in [0.5, 0.6) is 0 Å². The van der Waals surface area contributed by atoms with E-state index >= 15 is 0 Å². The fourth-order valence-corrected chi connectivity index (χ4v) is 2.81. The molecule has 0 saturated heterocycles. The van der Waals surface area contributed by atoms with Crippen LogP contribution in [-0.4, -0.2) is 52.6 Å². The Kier molecular flexibility index (Phi) is 10.1. The molecule has 2 rings (SSSR count). The van der Waals surface area contributed by atoms with Crippen molar-refractivity contribution in [1.29, 1.82) is 0 Å². The van der Waals surface area contributed by atoms with Crippen molar-refractivity contribution in [3.63, 3.8) is 0 Å². The molecule has 3 atom stereocenters. The highest BCUT2D eigenvalue weighted by atomic mass is 16.6. The van der Waals surface area contributed by atoms with Crippen LogP contribution in [0, 0.1) is 0 Å². The molecule has 11 heteroatoms. The summed E-state index contributed by atoms with van der Waals surface area (Å²) >= 11 is 0. The average molecular weight is 500 g/mol. The highest BCUT2D eigenvalue weighted by Gasteiger charge is 2.45. The minimum Gasteiger partial charge on any atom is -0.457 e. The van der Waals surface area contributed by atoms with Crippen molar-refractivity contribution in [3.05, 3.63) is 71.8 Å². The Balaban J connectivity index is 1.87. The number of carbonyl (C=O) groups excluding carboxylic acids is 5. The minimum absolute atomic E-state index is 0.00379. The minimum atomic E-state index is -2.95. The van der Waals surface area contributed by atoms with Crippen molar-refractivity contribution in [2.45, 2.75) is 51.8 Å². The van der Waals surface area contributed by atoms with Gasteiger partial charge in [-0.2, -0.15) is 0 Å². The standard InChI is InChI=1S/C25H29N3O8/c1-16(27-24(33)36-15-20-12-8-5-9-13-20)21(30)26-17(2)22(31)28-25(34,18(3)29)23(32)35-14-19-10-6-4-7-11-19/h4-13,16-17,34H,14-15H2,1-3H3,(H,26,30)(H,27,33)(H,28,31)/t16-,17-,25?/m0/s1. The van der Waals surface area contributed by atoms with Crippen LogP contribution in [0.3, 0.4) is 0 Å². The van der Waals surface area contributed by atoms with E-state index in [-0.39, 0.29) is 13.2 Å². The highest BCUT2D eigenvalue weighted by molar-refractivity contribution is 6.08. The average Bonchev–Trinajstić information content (AvgIpc) is 2.86. The van der Waals surface area contributed by atoms with E-state index < -0.39 is 47.5 Å². The predicted molar refractivity (Wildman–Crippen MR) is 127 cm³/mol. The fraction of sp³-hybridized carbons (Fsp3) is 0.320. The molecule has 0 aliphatic heterocycles. The van der Waals surface area contributed by atoms with Gasteiger partial charge in [0.15, 0.2) is 5.78 Å². The number of ether oxygens (including phenoxy) is 2.